The van der Waals surface area contributed by atoms with E-state index in [1.807, 2.05) is 12.3 Å². The number of hydrogen-bond donors (Lipinski definition) is 0. The van der Waals surface area contributed by atoms with Crippen molar-refractivity contribution in [2.75, 3.05) is 20.9 Å². The summed E-state index contributed by atoms with van der Waals surface area (Å²) in [6.45, 7) is 2.43. The maximum absolute atomic E-state index is 6.15. The zero-order valence-corrected chi connectivity index (χ0v) is 21.3. The van der Waals surface area contributed by atoms with Gasteiger partial charge in [0, 0.05) is 39.8 Å². The summed E-state index contributed by atoms with van der Waals surface area (Å²) in [5, 5.41) is 0. The Labute approximate surface area is 199 Å². The molecule has 0 spiro atoms. The van der Waals surface area contributed by atoms with E-state index in [-0.39, 0.29) is 42.2 Å². The van der Waals surface area contributed by atoms with Gasteiger partial charge in [-0.3, -0.25) is 4.48 Å². The van der Waals surface area contributed by atoms with Crippen molar-refractivity contribution in [1.82, 2.24) is 0 Å². The Bertz CT molecular complexity index is 1190. The molecule has 6 rings (SSSR count). The zero-order chi connectivity index (χ0) is 20.5. The van der Waals surface area contributed by atoms with Gasteiger partial charge in [0.1, 0.15) is 5.75 Å². The fourth-order valence-electron chi connectivity index (χ4n) is 5.48. The van der Waals surface area contributed by atoms with Crippen molar-refractivity contribution < 1.29 is 18.7 Å². The molecule has 2 atom stereocenters. The van der Waals surface area contributed by atoms with Crippen LogP contribution in [0, 0.1) is 0 Å². The van der Waals surface area contributed by atoms with Crippen LogP contribution < -0.4 is 14.2 Å². The SMILES string of the molecule is CC1=C[N+](C)(C)C2(c3ccccc3)C=CC3C(=COc4cc5c(cc43)OCO5)C2=C1.[SnH]. The number of hydrogen-bond acceptors (Lipinski definition) is 3. The number of fused-ring (bicyclic) bond motifs is 6. The van der Waals surface area contributed by atoms with Gasteiger partial charge in [-0.15, -0.1) is 0 Å². The molecule has 0 amide bonds. The summed E-state index contributed by atoms with van der Waals surface area (Å²) in [7, 11) is 4.54. The molecular weight excluding hydrogens is 493 g/mol. The fourth-order valence-corrected chi connectivity index (χ4v) is 5.48. The van der Waals surface area contributed by atoms with Crippen molar-refractivity contribution in [3.63, 3.8) is 0 Å². The third-order valence-electron chi connectivity index (χ3n) is 6.76. The molecule has 3 radical (unpaired) electrons. The van der Waals surface area contributed by atoms with Gasteiger partial charge in [-0.1, -0.05) is 36.4 Å². The number of quaternary nitrogens is 1. The maximum atomic E-state index is 6.15. The standard InChI is InChI=1S/C26H24NO3.Sn.H/c1-17-11-22-21-15-28-23-13-25-24(29-16-30-25)12-20(23)19(21)9-10-26(22,27(2,3)14-17)18-7-5-4-6-8-18;;/h4-15,19H,16H2,1-3H3;;/q+1;;. The second-order valence-electron chi connectivity index (χ2n) is 8.87. The first-order valence-corrected chi connectivity index (χ1v) is 10.3. The van der Waals surface area contributed by atoms with Gasteiger partial charge in [0.2, 0.25) is 6.79 Å². The summed E-state index contributed by atoms with van der Waals surface area (Å²) in [6.07, 6.45) is 11.3. The van der Waals surface area contributed by atoms with Crippen molar-refractivity contribution >= 4 is 23.9 Å². The molecule has 2 aromatic rings. The number of rotatable bonds is 1. The average Bonchev–Trinajstić information content (AvgIpc) is 3.19. The van der Waals surface area contributed by atoms with Crippen LogP contribution in [0.5, 0.6) is 17.2 Å². The number of ether oxygens (including phenoxy) is 3. The third kappa shape index (κ3) is 2.77. The van der Waals surface area contributed by atoms with E-state index in [9.17, 15) is 0 Å². The van der Waals surface area contributed by atoms with Crippen LogP contribution in [-0.4, -0.2) is 49.3 Å². The number of benzene rings is 2. The van der Waals surface area contributed by atoms with Gasteiger partial charge in [-0.25, -0.2) is 0 Å². The minimum absolute atomic E-state index is 0. The Balaban J connectivity index is 0.00000204. The Morgan fingerprint density at radius 3 is 2.52 bits per heavy atom. The molecule has 0 aromatic heterocycles. The van der Waals surface area contributed by atoms with E-state index in [1.54, 1.807) is 0 Å². The predicted octanol–water partition coefficient (Wildman–Crippen LogP) is 4.51. The molecule has 0 bridgehead atoms. The summed E-state index contributed by atoms with van der Waals surface area (Å²) in [5.41, 5.74) is 5.83. The molecule has 1 aliphatic carbocycles. The number of nitrogens with zero attached hydrogens (tertiary/aromatic N) is 1. The minimum atomic E-state index is -0.305. The fraction of sp³-hybridized carbons (Fsp3) is 0.231. The van der Waals surface area contributed by atoms with Crippen LogP contribution in [0.2, 0.25) is 0 Å². The van der Waals surface area contributed by atoms with Crippen LogP contribution >= 0.6 is 0 Å². The molecule has 0 fully saturated rings. The number of likely N-dealkylation sites (N-methyl/N-ethyl adjacent to an activating group) is 1. The molecule has 31 heavy (non-hydrogen) atoms. The van der Waals surface area contributed by atoms with E-state index in [0.29, 0.717) is 4.48 Å². The predicted molar refractivity (Wildman–Crippen MR) is 122 cm³/mol. The molecule has 0 N–H and O–H groups in total. The first kappa shape index (κ1) is 20.5. The molecule has 4 aliphatic rings. The molecule has 4 nitrogen and oxygen atoms in total. The zero-order valence-electron chi connectivity index (χ0n) is 18.0. The quantitative estimate of drug-likeness (QED) is 0.316. The van der Waals surface area contributed by atoms with Crippen molar-refractivity contribution in [3.05, 3.63) is 101 Å². The Morgan fingerprint density at radius 1 is 1.00 bits per heavy atom. The molecular formula is C26H25NO3Sn+. The molecule has 3 aliphatic heterocycles. The summed E-state index contributed by atoms with van der Waals surface area (Å²) in [5.74, 6) is 2.49. The van der Waals surface area contributed by atoms with E-state index >= 15 is 0 Å². The van der Waals surface area contributed by atoms with Gasteiger partial charge >= 0.3 is 23.9 Å². The molecule has 0 saturated heterocycles. The summed E-state index contributed by atoms with van der Waals surface area (Å²) in [4.78, 5) is 0. The van der Waals surface area contributed by atoms with E-state index in [2.05, 4.69) is 81.8 Å². The Morgan fingerprint density at radius 2 is 1.74 bits per heavy atom. The van der Waals surface area contributed by atoms with Crippen LogP contribution in [0.1, 0.15) is 24.0 Å². The average molecular weight is 518 g/mol. The molecule has 5 heteroatoms. The second-order valence-corrected chi connectivity index (χ2v) is 8.87. The summed E-state index contributed by atoms with van der Waals surface area (Å²) in [6, 6.07) is 14.8. The van der Waals surface area contributed by atoms with E-state index in [4.69, 9.17) is 14.2 Å². The first-order valence-electron chi connectivity index (χ1n) is 10.3. The van der Waals surface area contributed by atoms with Crippen LogP contribution in [0.4, 0.5) is 0 Å². The van der Waals surface area contributed by atoms with Crippen molar-refractivity contribution in [2.24, 2.45) is 0 Å². The van der Waals surface area contributed by atoms with Crippen molar-refractivity contribution in [1.29, 1.82) is 0 Å². The van der Waals surface area contributed by atoms with Gasteiger partial charge in [0.25, 0.3) is 0 Å². The number of allylic oxidation sites excluding steroid dienone is 3. The monoisotopic (exact) mass is 519 g/mol. The topological polar surface area (TPSA) is 27.7 Å². The molecule has 2 unspecified atom stereocenters. The van der Waals surface area contributed by atoms with Gasteiger partial charge in [-0.2, -0.15) is 0 Å². The van der Waals surface area contributed by atoms with Crippen LogP contribution in [0.3, 0.4) is 0 Å². The van der Waals surface area contributed by atoms with Gasteiger partial charge in [0.05, 0.1) is 26.6 Å². The van der Waals surface area contributed by atoms with Crippen LogP contribution in [-0.2, 0) is 5.54 Å². The molecule has 155 valence electrons. The molecule has 3 heterocycles. The van der Waals surface area contributed by atoms with E-state index in [0.717, 1.165) is 22.8 Å². The second kappa shape index (κ2) is 7.04. The first-order chi connectivity index (χ1) is 14.5. The summed E-state index contributed by atoms with van der Waals surface area (Å²) >= 11 is 0. The normalized spacial score (nSPS) is 26.2. The Kier molecular flexibility index (Phi) is 4.64. The van der Waals surface area contributed by atoms with E-state index < -0.39 is 0 Å². The molecule has 2 aromatic carbocycles. The van der Waals surface area contributed by atoms with Crippen molar-refractivity contribution in [3.8, 4) is 17.2 Å². The molecule has 0 saturated carbocycles. The Hall–Kier alpha value is -2.44. The van der Waals surface area contributed by atoms with Gasteiger partial charge in [0.15, 0.2) is 17.0 Å². The van der Waals surface area contributed by atoms with Crippen LogP contribution in [0.25, 0.3) is 0 Å². The van der Waals surface area contributed by atoms with Gasteiger partial charge < -0.3 is 14.2 Å². The summed E-state index contributed by atoms with van der Waals surface area (Å²) < 4.78 is 18.0. The van der Waals surface area contributed by atoms with E-state index in [1.165, 1.54) is 22.3 Å². The van der Waals surface area contributed by atoms with Crippen molar-refractivity contribution in [2.45, 2.75) is 18.4 Å². The third-order valence-corrected chi connectivity index (χ3v) is 6.76. The van der Waals surface area contributed by atoms with Gasteiger partial charge in [-0.05, 0) is 25.1 Å². The van der Waals surface area contributed by atoms with Crippen LogP contribution in [0.15, 0.2) is 89.9 Å².